The molecule has 1 fully saturated rings. The lowest BCUT2D eigenvalue weighted by molar-refractivity contribution is 0.0647. The van der Waals surface area contributed by atoms with Gasteiger partial charge < -0.3 is 10.0 Å². The van der Waals surface area contributed by atoms with Gasteiger partial charge in [-0.3, -0.25) is 4.79 Å². The molecule has 1 N–H and O–H groups in total. The molecule has 1 aliphatic rings. The fraction of sp³-hybridized carbons (Fsp3) is 0.571. The zero-order valence-corrected chi connectivity index (χ0v) is 12.9. The number of aromatic nitrogens is 1. The van der Waals surface area contributed by atoms with E-state index in [1.165, 1.54) is 0 Å². The predicted molar refractivity (Wildman–Crippen MR) is 79.2 cm³/mol. The molecule has 0 aromatic carbocycles. The van der Waals surface area contributed by atoms with Crippen LogP contribution in [0.5, 0.6) is 0 Å². The molecule has 0 spiro atoms. The first-order valence-electron chi connectivity index (χ1n) is 6.73. The molecule has 1 aromatic rings. The van der Waals surface area contributed by atoms with Gasteiger partial charge in [-0.25, -0.2) is 4.98 Å². The molecule has 1 aliphatic carbocycles. The molecule has 6 heteroatoms. The second kappa shape index (κ2) is 6.74. The first-order chi connectivity index (χ1) is 9.52. The van der Waals surface area contributed by atoms with Gasteiger partial charge in [-0.1, -0.05) is 23.2 Å². The molecule has 0 radical (unpaired) electrons. The Morgan fingerprint density at radius 3 is 2.60 bits per heavy atom. The smallest absolute Gasteiger partial charge is 0.274 e. The highest BCUT2D eigenvalue weighted by Gasteiger charge is 2.28. The van der Waals surface area contributed by atoms with E-state index in [-0.39, 0.29) is 29.4 Å². The largest absolute Gasteiger partial charge is 0.396 e. The van der Waals surface area contributed by atoms with Crippen LogP contribution in [0.3, 0.4) is 0 Å². The molecule has 1 aromatic heterocycles. The Morgan fingerprint density at radius 2 is 2.00 bits per heavy atom. The Hall–Kier alpha value is -0.840. The number of hydrogen-bond acceptors (Lipinski definition) is 3. The lowest BCUT2D eigenvalue weighted by Gasteiger charge is -2.34. The van der Waals surface area contributed by atoms with Gasteiger partial charge in [0.1, 0.15) is 10.8 Å². The molecule has 0 aliphatic heterocycles. The van der Waals surface area contributed by atoms with Gasteiger partial charge in [0.25, 0.3) is 5.91 Å². The van der Waals surface area contributed by atoms with Gasteiger partial charge in [0.15, 0.2) is 0 Å². The molecular weight excluding hydrogens is 299 g/mol. The van der Waals surface area contributed by atoms with Crippen LogP contribution in [0.2, 0.25) is 10.2 Å². The van der Waals surface area contributed by atoms with Crippen molar-refractivity contribution in [3.63, 3.8) is 0 Å². The minimum Gasteiger partial charge on any atom is -0.396 e. The molecule has 1 saturated carbocycles. The van der Waals surface area contributed by atoms with E-state index >= 15 is 0 Å². The predicted octanol–water partition coefficient (Wildman–Crippen LogP) is 3.01. The quantitative estimate of drug-likeness (QED) is 0.872. The van der Waals surface area contributed by atoms with Crippen molar-refractivity contribution in [1.29, 1.82) is 0 Å². The van der Waals surface area contributed by atoms with Crippen LogP contribution in [0.4, 0.5) is 0 Å². The second-order valence-corrected chi connectivity index (χ2v) is 6.03. The van der Waals surface area contributed by atoms with Crippen LogP contribution in [0.15, 0.2) is 12.1 Å². The number of carbonyl (C=O) groups is 1. The van der Waals surface area contributed by atoms with Gasteiger partial charge in [0, 0.05) is 19.7 Å². The highest BCUT2D eigenvalue weighted by atomic mass is 35.5. The lowest BCUT2D eigenvalue weighted by Crippen LogP contribution is -2.40. The molecule has 4 nitrogen and oxygen atoms in total. The van der Waals surface area contributed by atoms with Crippen molar-refractivity contribution in [1.82, 2.24) is 9.88 Å². The lowest BCUT2D eigenvalue weighted by atomic mass is 9.86. The third kappa shape index (κ3) is 3.43. The number of amides is 1. The third-order valence-electron chi connectivity index (χ3n) is 3.96. The monoisotopic (exact) mass is 316 g/mol. The zero-order valence-electron chi connectivity index (χ0n) is 11.4. The number of aliphatic hydroxyl groups is 1. The summed E-state index contributed by atoms with van der Waals surface area (Å²) in [6.45, 7) is 0.228. The molecule has 2 rings (SSSR count). The van der Waals surface area contributed by atoms with E-state index in [0.29, 0.717) is 10.9 Å². The van der Waals surface area contributed by atoms with Crippen molar-refractivity contribution in [2.24, 2.45) is 5.92 Å². The van der Waals surface area contributed by atoms with Gasteiger partial charge in [-0.05, 0) is 43.7 Å². The van der Waals surface area contributed by atoms with Crippen molar-refractivity contribution < 1.29 is 9.90 Å². The second-order valence-electron chi connectivity index (χ2n) is 5.24. The van der Waals surface area contributed by atoms with Crippen molar-refractivity contribution in [2.45, 2.75) is 31.7 Å². The van der Waals surface area contributed by atoms with Crippen molar-refractivity contribution >= 4 is 29.1 Å². The standard InChI is InChI=1S/C14H18Cl2N2O2/c1-18(10-4-2-9(8-19)3-5-10)14(20)13-11(15)6-7-12(16)17-13/h6-7,9-10,19H,2-5,8H2,1H3. The molecule has 1 heterocycles. The molecule has 0 unspecified atom stereocenters. The molecule has 0 atom stereocenters. The first-order valence-corrected chi connectivity index (χ1v) is 7.48. The van der Waals surface area contributed by atoms with E-state index in [1.54, 1.807) is 24.1 Å². The topological polar surface area (TPSA) is 53.4 Å². The number of nitrogens with zero attached hydrogens (tertiary/aromatic N) is 2. The average Bonchev–Trinajstić information content (AvgIpc) is 2.48. The molecular formula is C14H18Cl2N2O2. The van der Waals surface area contributed by atoms with Crippen molar-refractivity contribution in [2.75, 3.05) is 13.7 Å². The first kappa shape index (κ1) is 15.5. The summed E-state index contributed by atoms with van der Waals surface area (Å²) >= 11 is 11.8. The molecule has 110 valence electrons. The molecule has 0 saturated heterocycles. The number of halogens is 2. The Morgan fingerprint density at radius 1 is 1.35 bits per heavy atom. The fourth-order valence-electron chi connectivity index (χ4n) is 2.62. The molecule has 20 heavy (non-hydrogen) atoms. The summed E-state index contributed by atoms with van der Waals surface area (Å²) in [7, 11) is 1.77. The maximum absolute atomic E-state index is 12.4. The van der Waals surface area contributed by atoms with Crippen LogP contribution < -0.4 is 0 Å². The summed E-state index contributed by atoms with van der Waals surface area (Å²) in [6.07, 6.45) is 3.67. The summed E-state index contributed by atoms with van der Waals surface area (Å²) in [6, 6.07) is 3.32. The Balaban J connectivity index is 2.07. The summed E-state index contributed by atoms with van der Waals surface area (Å²) in [5, 5.41) is 9.72. The van der Waals surface area contributed by atoms with Gasteiger partial charge >= 0.3 is 0 Å². The Bertz CT molecular complexity index is 488. The van der Waals surface area contributed by atoms with Gasteiger partial charge in [0.05, 0.1) is 5.02 Å². The highest BCUT2D eigenvalue weighted by Crippen LogP contribution is 2.28. The van der Waals surface area contributed by atoms with Crippen LogP contribution in [-0.4, -0.2) is 40.6 Å². The van der Waals surface area contributed by atoms with E-state index in [4.69, 9.17) is 28.3 Å². The number of aliphatic hydroxyl groups excluding tert-OH is 1. The van der Waals surface area contributed by atoms with Crippen LogP contribution in [-0.2, 0) is 0 Å². The van der Waals surface area contributed by atoms with E-state index in [2.05, 4.69) is 4.98 Å². The number of pyridine rings is 1. The summed E-state index contributed by atoms with van der Waals surface area (Å²) in [5.41, 5.74) is 0.200. The van der Waals surface area contributed by atoms with Gasteiger partial charge in [-0.15, -0.1) is 0 Å². The Labute approximate surface area is 128 Å². The summed E-state index contributed by atoms with van der Waals surface area (Å²) in [4.78, 5) is 18.2. The van der Waals surface area contributed by atoms with E-state index < -0.39 is 0 Å². The van der Waals surface area contributed by atoms with E-state index in [0.717, 1.165) is 25.7 Å². The molecule has 1 amide bonds. The molecule has 0 bridgehead atoms. The number of rotatable bonds is 3. The zero-order chi connectivity index (χ0) is 14.7. The number of carbonyl (C=O) groups excluding carboxylic acids is 1. The minimum absolute atomic E-state index is 0.169. The Kier molecular flexibility index (Phi) is 5.24. The average molecular weight is 317 g/mol. The minimum atomic E-state index is -0.204. The number of hydrogen-bond donors (Lipinski definition) is 1. The fourth-order valence-corrected chi connectivity index (χ4v) is 2.95. The van der Waals surface area contributed by atoms with Gasteiger partial charge in [0.2, 0.25) is 0 Å². The van der Waals surface area contributed by atoms with E-state index in [9.17, 15) is 4.79 Å². The van der Waals surface area contributed by atoms with E-state index in [1.807, 2.05) is 0 Å². The summed E-state index contributed by atoms with van der Waals surface area (Å²) < 4.78 is 0. The third-order valence-corrected chi connectivity index (χ3v) is 4.47. The SMILES string of the molecule is CN(C(=O)c1nc(Cl)ccc1Cl)C1CCC(CO)CC1. The van der Waals surface area contributed by atoms with Crippen molar-refractivity contribution in [3.8, 4) is 0 Å². The maximum Gasteiger partial charge on any atom is 0.274 e. The van der Waals surface area contributed by atoms with Crippen molar-refractivity contribution in [3.05, 3.63) is 28.0 Å². The van der Waals surface area contributed by atoms with Crippen LogP contribution in [0.1, 0.15) is 36.2 Å². The maximum atomic E-state index is 12.4. The van der Waals surface area contributed by atoms with Gasteiger partial charge in [-0.2, -0.15) is 0 Å². The van der Waals surface area contributed by atoms with Crippen LogP contribution >= 0.6 is 23.2 Å². The highest BCUT2D eigenvalue weighted by molar-refractivity contribution is 6.34. The summed E-state index contributed by atoms with van der Waals surface area (Å²) in [5.74, 6) is 0.160. The van der Waals surface area contributed by atoms with Crippen LogP contribution in [0.25, 0.3) is 0 Å². The normalized spacial score (nSPS) is 22.6. The van der Waals surface area contributed by atoms with Crippen LogP contribution in [0, 0.1) is 5.92 Å².